The minimum absolute atomic E-state index is 0.344. The van der Waals surface area contributed by atoms with Crippen LogP contribution in [0.5, 0.6) is 0 Å². The lowest BCUT2D eigenvalue weighted by atomic mass is 10.00. The van der Waals surface area contributed by atoms with E-state index in [1.807, 2.05) is 0 Å². The molecule has 0 heterocycles. The highest BCUT2D eigenvalue weighted by atomic mass is 16.3. The number of carbonyl (C=O) groups excluding carboxylic acids is 1. The standard InChI is InChI=1S/C47H89NO5/c1-3-5-7-9-11-13-15-16-17-18-19-20-21-22-23-24-25-26-27-28-29-31-32-34-36-38-40-44(50)46(52)43(42-49)48-47(53)45(51)41-39-37-35-33-30-14-12-10-8-6-4-2/h12,14,27-28,32,34,43-46,49-52H,3-11,13,15-26,29-31,33,35-42H2,1-2H3,(H,48,53)/b14-12-,28-27+,34-32+. The highest BCUT2D eigenvalue weighted by Crippen LogP contribution is 2.15. The van der Waals surface area contributed by atoms with Crippen molar-refractivity contribution in [3.05, 3.63) is 36.5 Å². The van der Waals surface area contributed by atoms with Crippen molar-refractivity contribution in [2.45, 2.75) is 250 Å². The molecule has 0 radical (unpaired) electrons. The van der Waals surface area contributed by atoms with Gasteiger partial charge in [-0.05, 0) is 77.0 Å². The van der Waals surface area contributed by atoms with Gasteiger partial charge in [0.25, 0.3) is 0 Å². The molecule has 1 amide bonds. The Bertz CT molecular complexity index is 843. The lowest BCUT2D eigenvalue weighted by Gasteiger charge is -2.27. The molecular weight excluding hydrogens is 659 g/mol. The second-order valence-electron chi connectivity index (χ2n) is 15.7. The predicted octanol–water partition coefficient (Wildman–Crippen LogP) is 12.1. The van der Waals surface area contributed by atoms with E-state index in [-0.39, 0.29) is 0 Å². The van der Waals surface area contributed by atoms with Crippen LogP contribution in [0.1, 0.15) is 226 Å². The molecule has 0 fully saturated rings. The monoisotopic (exact) mass is 748 g/mol. The van der Waals surface area contributed by atoms with Crippen molar-refractivity contribution in [2.75, 3.05) is 6.61 Å². The zero-order valence-corrected chi connectivity index (χ0v) is 35.0. The third kappa shape index (κ3) is 36.0. The number of carbonyl (C=O) groups is 1. The Hall–Kier alpha value is -1.47. The summed E-state index contributed by atoms with van der Waals surface area (Å²) in [7, 11) is 0. The summed E-state index contributed by atoms with van der Waals surface area (Å²) in [6.45, 7) is 4.00. The molecule has 0 aliphatic heterocycles. The SMILES string of the molecule is CCCCC/C=C\CCCCCCC(O)C(=O)NC(CO)C(O)C(O)CCC/C=C/CC/C=C/CCCCCCCCCCCCCCCCCCC. The summed E-state index contributed by atoms with van der Waals surface area (Å²) in [4.78, 5) is 12.4. The Morgan fingerprint density at radius 1 is 0.453 bits per heavy atom. The topological polar surface area (TPSA) is 110 Å². The lowest BCUT2D eigenvalue weighted by Crippen LogP contribution is -2.53. The van der Waals surface area contributed by atoms with Gasteiger partial charge in [0.15, 0.2) is 0 Å². The number of hydrogen-bond acceptors (Lipinski definition) is 5. The van der Waals surface area contributed by atoms with Crippen molar-refractivity contribution in [1.29, 1.82) is 0 Å². The van der Waals surface area contributed by atoms with Gasteiger partial charge in [0, 0.05) is 0 Å². The Kier molecular flexibility index (Phi) is 40.5. The molecule has 0 saturated heterocycles. The Balaban J connectivity index is 3.73. The fourth-order valence-electron chi connectivity index (χ4n) is 6.89. The van der Waals surface area contributed by atoms with Gasteiger partial charge < -0.3 is 25.7 Å². The van der Waals surface area contributed by atoms with Crippen LogP contribution in [0.2, 0.25) is 0 Å². The van der Waals surface area contributed by atoms with Gasteiger partial charge in [-0.3, -0.25) is 4.79 Å². The number of rotatable bonds is 41. The van der Waals surface area contributed by atoms with Gasteiger partial charge in [-0.25, -0.2) is 0 Å². The highest BCUT2D eigenvalue weighted by Gasteiger charge is 2.28. The van der Waals surface area contributed by atoms with Crippen molar-refractivity contribution >= 4 is 5.91 Å². The summed E-state index contributed by atoms with van der Waals surface area (Å²) in [5.74, 6) is -0.609. The molecule has 0 aromatic carbocycles. The van der Waals surface area contributed by atoms with E-state index >= 15 is 0 Å². The summed E-state index contributed by atoms with van der Waals surface area (Å²) in [6, 6.07) is -1.01. The molecule has 6 nitrogen and oxygen atoms in total. The summed E-state index contributed by atoms with van der Waals surface area (Å²) >= 11 is 0. The molecule has 53 heavy (non-hydrogen) atoms. The van der Waals surface area contributed by atoms with Gasteiger partial charge >= 0.3 is 0 Å². The zero-order valence-electron chi connectivity index (χ0n) is 35.0. The van der Waals surface area contributed by atoms with Gasteiger partial charge in [-0.15, -0.1) is 0 Å². The number of amides is 1. The minimum Gasteiger partial charge on any atom is -0.394 e. The molecule has 5 N–H and O–H groups in total. The molecule has 0 rings (SSSR count). The first-order chi connectivity index (χ1) is 26.0. The van der Waals surface area contributed by atoms with Crippen LogP contribution in [-0.4, -0.2) is 57.3 Å². The highest BCUT2D eigenvalue weighted by molar-refractivity contribution is 5.80. The van der Waals surface area contributed by atoms with Gasteiger partial charge in [-0.2, -0.15) is 0 Å². The number of allylic oxidation sites excluding steroid dienone is 6. The van der Waals surface area contributed by atoms with Crippen molar-refractivity contribution in [3.63, 3.8) is 0 Å². The molecule has 6 heteroatoms. The zero-order chi connectivity index (χ0) is 38.9. The molecule has 0 saturated carbocycles. The number of aliphatic hydroxyl groups excluding tert-OH is 4. The lowest BCUT2D eigenvalue weighted by molar-refractivity contribution is -0.132. The van der Waals surface area contributed by atoms with E-state index in [0.29, 0.717) is 19.3 Å². The molecule has 312 valence electrons. The van der Waals surface area contributed by atoms with Crippen LogP contribution in [0, 0.1) is 0 Å². The van der Waals surface area contributed by atoms with Crippen molar-refractivity contribution in [3.8, 4) is 0 Å². The third-order valence-corrected chi connectivity index (χ3v) is 10.6. The second kappa shape index (κ2) is 41.7. The number of hydrogen-bond donors (Lipinski definition) is 5. The summed E-state index contributed by atoms with van der Waals surface area (Å²) in [5.41, 5.74) is 0. The van der Waals surface area contributed by atoms with E-state index < -0.39 is 36.9 Å². The number of unbranched alkanes of at least 4 members (excludes halogenated alkanes) is 26. The van der Waals surface area contributed by atoms with Crippen molar-refractivity contribution in [2.24, 2.45) is 0 Å². The van der Waals surface area contributed by atoms with Crippen LogP contribution < -0.4 is 5.32 Å². The van der Waals surface area contributed by atoms with Gasteiger partial charge in [-0.1, -0.05) is 185 Å². The predicted molar refractivity (Wildman–Crippen MR) is 228 cm³/mol. The average Bonchev–Trinajstić information content (AvgIpc) is 3.16. The molecule has 0 aliphatic carbocycles. The van der Waals surface area contributed by atoms with Crippen LogP contribution in [0.25, 0.3) is 0 Å². The fourth-order valence-corrected chi connectivity index (χ4v) is 6.89. The maximum absolute atomic E-state index is 12.4. The Labute approximate surface area is 328 Å². The first kappa shape index (κ1) is 51.5. The van der Waals surface area contributed by atoms with Crippen LogP contribution in [-0.2, 0) is 4.79 Å². The van der Waals surface area contributed by atoms with E-state index in [1.54, 1.807) is 0 Å². The van der Waals surface area contributed by atoms with Crippen LogP contribution in [0.15, 0.2) is 36.5 Å². The molecular formula is C47H89NO5. The average molecular weight is 748 g/mol. The molecule has 4 atom stereocenters. The molecule has 0 aromatic heterocycles. The molecule has 4 unspecified atom stereocenters. The molecule has 0 aliphatic rings. The summed E-state index contributed by atoms with van der Waals surface area (Å²) in [6.07, 6.45) is 49.1. The van der Waals surface area contributed by atoms with Crippen molar-refractivity contribution < 1.29 is 25.2 Å². The maximum Gasteiger partial charge on any atom is 0.249 e. The first-order valence-corrected chi connectivity index (χ1v) is 22.9. The summed E-state index contributed by atoms with van der Waals surface area (Å²) < 4.78 is 0. The molecule has 0 aromatic rings. The maximum atomic E-state index is 12.4. The van der Waals surface area contributed by atoms with Crippen LogP contribution in [0.4, 0.5) is 0 Å². The van der Waals surface area contributed by atoms with E-state index in [0.717, 1.165) is 57.8 Å². The fraction of sp³-hybridized carbons (Fsp3) is 0.851. The number of aliphatic hydroxyl groups is 4. The molecule has 0 spiro atoms. The van der Waals surface area contributed by atoms with Crippen molar-refractivity contribution in [1.82, 2.24) is 5.32 Å². The van der Waals surface area contributed by atoms with E-state index in [1.165, 1.54) is 135 Å². The van der Waals surface area contributed by atoms with E-state index in [9.17, 15) is 25.2 Å². The van der Waals surface area contributed by atoms with Gasteiger partial charge in [0.1, 0.15) is 12.2 Å². The number of nitrogens with one attached hydrogen (secondary N) is 1. The Morgan fingerprint density at radius 3 is 1.23 bits per heavy atom. The third-order valence-electron chi connectivity index (χ3n) is 10.6. The van der Waals surface area contributed by atoms with E-state index in [4.69, 9.17) is 0 Å². The van der Waals surface area contributed by atoms with Gasteiger partial charge in [0.05, 0.1) is 18.8 Å². The smallest absolute Gasteiger partial charge is 0.249 e. The molecule has 0 bridgehead atoms. The summed E-state index contributed by atoms with van der Waals surface area (Å²) in [5, 5.41) is 43.5. The normalized spacial score (nSPS) is 14.5. The first-order valence-electron chi connectivity index (χ1n) is 22.9. The van der Waals surface area contributed by atoms with Crippen LogP contribution >= 0.6 is 0 Å². The Morgan fingerprint density at radius 2 is 0.792 bits per heavy atom. The van der Waals surface area contributed by atoms with Gasteiger partial charge in [0.2, 0.25) is 5.91 Å². The van der Waals surface area contributed by atoms with E-state index in [2.05, 4.69) is 55.6 Å². The quantitative estimate of drug-likeness (QED) is 0.0316. The largest absolute Gasteiger partial charge is 0.394 e. The minimum atomic E-state index is -1.29. The van der Waals surface area contributed by atoms with Crippen LogP contribution in [0.3, 0.4) is 0 Å². The second-order valence-corrected chi connectivity index (χ2v) is 15.7.